The Labute approximate surface area is 203 Å². The van der Waals surface area contributed by atoms with Crippen molar-refractivity contribution in [3.05, 3.63) is 63.8 Å². The lowest BCUT2D eigenvalue weighted by Gasteiger charge is -2.11. The fourth-order valence-corrected chi connectivity index (χ4v) is 3.72. The second kappa shape index (κ2) is 10.9. The van der Waals surface area contributed by atoms with E-state index in [9.17, 15) is 23.6 Å². The molecule has 2 aromatic carbocycles. The number of nitriles is 1. The van der Waals surface area contributed by atoms with Crippen LogP contribution in [0.5, 0.6) is 5.75 Å². The van der Waals surface area contributed by atoms with Gasteiger partial charge < -0.3 is 19.8 Å². The van der Waals surface area contributed by atoms with Gasteiger partial charge >= 0.3 is 0 Å². The third kappa shape index (κ3) is 5.47. The maximum atomic E-state index is 12.9. The summed E-state index contributed by atoms with van der Waals surface area (Å²) >= 11 is 0. The number of nitrogens with one attached hydrogen (secondary N) is 2. The summed E-state index contributed by atoms with van der Waals surface area (Å²) in [7, 11) is 1.52. The van der Waals surface area contributed by atoms with Crippen LogP contribution in [0.3, 0.4) is 0 Å². The van der Waals surface area contributed by atoms with Crippen molar-refractivity contribution in [1.82, 2.24) is 25.1 Å². The first-order valence-corrected chi connectivity index (χ1v) is 11.0. The Bertz CT molecular complexity index is 1510. The molecule has 4 aromatic rings. The number of nitrogens with zero attached hydrogens (tertiary/aromatic N) is 4. The number of fused-ring (bicyclic) bond motifs is 2. The predicted octanol–water partition coefficient (Wildman–Crippen LogP) is 2.14. The Kier molecular flexibility index (Phi) is 7.50. The van der Waals surface area contributed by atoms with Crippen molar-refractivity contribution in [2.24, 2.45) is 0 Å². The van der Waals surface area contributed by atoms with Gasteiger partial charge in [-0.25, -0.2) is 18.4 Å². The second-order valence-electron chi connectivity index (χ2n) is 7.84. The molecule has 10 nitrogen and oxygen atoms in total. The molecule has 36 heavy (non-hydrogen) atoms. The highest BCUT2D eigenvalue weighted by Gasteiger charge is 2.16. The number of imidazole rings is 1. The van der Waals surface area contributed by atoms with Gasteiger partial charge in [-0.15, -0.1) is 0 Å². The summed E-state index contributed by atoms with van der Waals surface area (Å²) < 4.78 is 36.2. The first-order chi connectivity index (χ1) is 17.4. The van der Waals surface area contributed by atoms with Gasteiger partial charge in [-0.1, -0.05) is 18.2 Å². The fourth-order valence-electron chi connectivity index (χ4n) is 3.72. The van der Waals surface area contributed by atoms with E-state index in [1.165, 1.54) is 19.2 Å². The Morgan fingerprint density at radius 1 is 1.28 bits per heavy atom. The number of methoxy groups -OCH3 is 1. The van der Waals surface area contributed by atoms with Gasteiger partial charge in [-0.05, 0) is 12.1 Å². The lowest BCUT2D eigenvalue weighted by molar-refractivity contribution is -0.122. The quantitative estimate of drug-likeness (QED) is 0.321. The van der Waals surface area contributed by atoms with Gasteiger partial charge in [-0.3, -0.25) is 9.59 Å². The van der Waals surface area contributed by atoms with E-state index >= 15 is 0 Å². The highest BCUT2D eigenvalue weighted by Crippen LogP contribution is 2.26. The SMILES string of the molecule is COCCNC(=O)Cn1nc(Cc2nc3cc(C#N)c(OCC(F)F)cc3[nH]2)c2ccccc2c1=O. The highest BCUT2D eigenvalue weighted by molar-refractivity contribution is 5.85. The smallest absolute Gasteiger partial charge is 0.275 e. The number of H-pyrrole nitrogens is 1. The maximum absolute atomic E-state index is 12.9. The van der Waals surface area contributed by atoms with Crippen LogP contribution in [-0.4, -0.2) is 58.9 Å². The Morgan fingerprint density at radius 3 is 2.78 bits per heavy atom. The molecule has 0 saturated heterocycles. The van der Waals surface area contributed by atoms with Crippen LogP contribution in [0.2, 0.25) is 0 Å². The van der Waals surface area contributed by atoms with Gasteiger partial charge in [0.2, 0.25) is 5.91 Å². The average molecular weight is 496 g/mol. The molecular weight excluding hydrogens is 474 g/mol. The van der Waals surface area contributed by atoms with Gasteiger partial charge in [0.05, 0.1) is 40.7 Å². The summed E-state index contributed by atoms with van der Waals surface area (Å²) in [5.74, 6) is 0.108. The van der Waals surface area contributed by atoms with Crippen molar-refractivity contribution in [2.45, 2.75) is 19.4 Å². The van der Waals surface area contributed by atoms with E-state index in [1.807, 2.05) is 6.07 Å². The van der Waals surface area contributed by atoms with Gasteiger partial charge in [0.25, 0.3) is 12.0 Å². The topological polar surface area (TPSA) is 135 Å². The van der Waals surface area contributed by atoms with Gasteiger partial charge in [-0.2, -0.15) is 10.4 Å². The van der Waals surface area contributed by atoms with Crippen LogP contribution in [0.1, 0.15) is 17.1 Å². The predicted molar refractivity (Wildman–Crippen MR) is 126 cm³/mol. The normalized spacial score (nSPS) is 11.2. The standard InChI is InChI=1S/C24H22F2N6O4/c1-35-7-6-28-23(33)12-32-24(34)16-5-3-2-4-15(16)17(31-32)10-22-29-18-8-14(11-27)20(9-19(18)30-22)36-13-21(25)26/h2-5,8-9,21H,6-7,10,12-13H2,1H3,(H,28,33)(H,29,30). The van der Waals surface area contributed by atoms with Crippen molar-refractivity contribution >= 4 is 27.7 Å². The fraction of sp³-hybridized carbons (Fsp3) is 0.292. The van der Waals surface area contributed by atoms with Crippen LogP contribution in [0.15, 0.2) is 41.2 Å². The highest BCUT2D eigenvalue weighted by atomic mass is 19.3. The Morgan fingerprint density at radius 2 is 2.06 bits per heavy atom. The minimum atomic E-state index is -2.68. The van der Waals surface area contributed by atoms with Gasteiger partial charge in [0.1, 0.15) is 30.8 Å². The number of hydrogen-bond acceptors (Lipinski definition) is 7. The molecule has 0 aliphatic rings. The number of hydrogen-bond donors (Lipinski definition) is 2. The number of ether oxygens (including phenoxy) is 2. The number of carbonyl (C=O) groups is 1. The van der Waals surface area contributed by atoms with Gasteiger partial charge in [0, 0.05) is 25.1 Å². The molecule has 186 valence electrons. The van der Waals surface area contributed by atoms with Crippen LogP contribution >= 0.6 is 0 Å². The molecule has 0 fully saturated rings. The summed E-state index contributed by atoms with van der Waals surface area (Å²) in [6.07, 6.45) is -2.50. The minimum absolute atomic E-state index is 0.0251. The molecule has 0 aliphatic heterocycles. The molecule has 2 aromatic heterocycles. The molecule has 0 spiro atoms. The summed E-state index contributed by atoms with van der Waals surface area (Å²) in [6, 6.07) is 11.7. The van der Waals surface area contributed by atoms with Crippen LogP contribution in [0, 0.1) is 11.3 Å². The number of amides is 1. The summed E-state index contributed by atoms with van der Waals surface area (Å²) in [4.78, 5) is 32.8. The number of alkyl halides is 2. The average Bonchev–Trinajstić information content (AvgIpc) is 3.26. The third-order valence-corrected chi connectivity index (χ3v) is 5.32. The molecule has 0 aliphatic carbocycles. The van der Waals surface area contributed by atoms with E-state index in [4.69, 9.17) is 9.47 Å². The molecule has 2 N–H and O–H groups in total. The van der Waals surface area contributed by atoms with E-state index in [0.29, 0.717) is 46.5 Å². The molecule has 1 amide bonds. The molecule has 4 rings (SSSR count). The molecular formula is C24H22F2N6O4. The van der Waals surface area contributed by atoms with Crippen molar-refractivity contribution in [3.63, 3.8) is 0 Å². The third-order valence-electron chi connectivity index (χ3n) is 5.32. The number of rotatable bonds is 10. The van der Waals surface area contributed by atoms with Crippen LogP contribution < -0.4 is 15.6 Å². The van der Waals surface area contributed by atoms with Crippen molar-refractivity contribution in [3.8, 4) is 11.8 Å². The maximum Gasteiger partial charge on any atom is 0.275 e. The number of halogens is 2. The lowest BCUT2D eigenvalue weighted by atomic mass is 10.1. The summed E-state index contributed by atoms with van der Waals surface area (Å²) in [5, 5.41) is 17.5. The zero-order valence-electron chi connectivity index (χ0n) is 19.3. The van der Waals surface area contributed by atoms with Gasteiger partial charge in [0.15, 0.2) is 0 Å². The largest absolute Gasteiger partial charge is 0.486 e. The molecule has 0 bridgehead atoms. The molecule has 12 heteroatoms. The molecule has 0 radical (unpaired) electrons. The molecule has 2 heterocycles. The first kappa shape index (κ1) is 24.7. The number of carbonyl (C=O) groups excluding carboxylic acids is 1. The van der Waals surface area contributed by atoms with Crippen molar-refractivity contribution < 1.29 is 23.0 Å². The minimum Gasteiger partial charge on any atom is -0.486 e. The summed E-state index contributed by atoms with van der Waals surface area (Å²) in [6.45, 7) is -0.461. The molecule has 0 unspecified atom stereocenters. The number of aromatic amines is 1. The van der Waals surface area contributed by atoms with E-state index in [1.54, 1.807) is 24.3 Å². The summed E-state index contributed by atoms with van der Waals surface area (Å²) in [5.41, 5.74) is 1.12. The van der Waals surface area contributed by atoms with Crippen molar-refractivity contribution in [1.29, 1.82) is 5.26 Å². The van der Waals surface area contributed by atoms with Crippen molar-refractivity contribution in [2.75, 3.05) is 26.9 Å². The molecule has 0 atom stereocenters. The van der Waals surface area contributed by atoms with Crippen LogP contribution in [0.4, 0.5) is 8.78 Å². The van der Waals surface area contributed by atoms with Crippen LogP contribution in [-0.2, 0) is 22.5 Å². The van der Waals surface area contributed by atoms with E-state index in [-0.39, 0.29) is 30.2 Å². The lowest BCUT2D eigenvalue weighted by Crippen LogP contribution is -2.35. The van der Waals surface area contributed by atoms with E-state index < -0.39 is 18.6 Å². The van der Waals surface area contributed by atoms with Crippen LogP contribution in [0.25, 0.3) is 21.8 Å². The first-order valence-electron chi connectivity index (χ1n) is 11.0. The van der Waals surface area contributed by atoms with E-state index in [2.05, 4.69) is 20.4 Å². The monoisotopic (exact) mass is 496 g/mol. The molecule has 0 saturated carbocycles. The van der Waals surface area contributed by atoms with E-state index in [0.717, 1.165) is 4.68 Å². The zero-order valence-corrected chi connectivity index (χ0v) is 19.3. The zero-order chi connectivity index (χ0) is 25.7. The Balaban J connectivity index is 1.68. The number of benzene rings is 2. The Hall–Kier alpha value is -4.37. The number of aromatic nitrogens is 4. The second-order valence-corrected chi connectivity index (χ2v) is 7.84.